The second-order valence-electron chi connectivity index (χ2n) is 7.71. The van der Waals surface area contributed by atoms with Crippen LogP contribution in [-0.2, 0) is 6.54 Å². The maximum atomic E-state index is 14.0. The molecule has 1 aliphatic heterocycles. The number of aryl methyl sites for hydroxylation is 3. The second kappa shape index (κ2) is 8.29. The van der Waals surface area contributed by atoms with Crippen molar-refractivity contribution in [3.63, 3.8) is 0 Å². The molecule has 0 N–H and O–H groups in total. The summed E-state index contributed by atoms with van der Waals surface area (Å²) in [6.45, 7) is 10.1. The molecule has 7 heteroatoms. The zero-order valence-corrected chi connectivity index (χ0v) is 17.3. The van der Waals surface area contributed by atoms with Crippen LogP contribution in [0.5, 0.6) is 0 Å². The van der Waals surface area contributed by atoms with Gasteiger partial charge in [0.15, 0.2) is 5.82 Å². The van der Waals surface area contributed by atoms with Gasteiger partial charge in [-0.2, -0.15) is 10.1 Å². The van der Waals surface area contributed by atoms with Crippen molar-refractivity contribution in [3.8, 4) is 5.82 Å². The molecule has 4 rings (SSSR count). The molecule has 0 aliphatic carbocycles. The highest BCUT2D eigenvalue weighted by Crippen LogP contribution is 2.18. The van der Waals surface area contributed by atoms with Crippen LogP contribution in [0.15, 0.2) is 36.4 Å². The fraction of sp³-hybridized carbons (Fsp3) is 0.409. The van der Waals surface area contributed by atoms with Gasteiger partial charge in [0.2, 0.25) is 5.95 Å². The average molecular weight is 394 g/mol. The van der Waals surface area contributed by atoms with E-state index in [4.69, 9.17) is 4.98 Å². The van der Waals surface area contributed by atoms with Gasteiger partial charge >= 0.3 is 0 Å². The van der Waals surface area contributed by atoms with E-state index in [1.54, 1.807) is 6.07 Å². The van der Waals surface area contributed by atoms with Gasteiger partial charge in [-0.1, -0.05) is 18.2 Å². The van der Waals surface area contributed by atoms with E-state index in [1.165, 1.54) is 6.07 Å². The molecule has 1 aromatic carbocycles. The first kappa shape index (κ1) is 19.5. The second-order valence-corrected chi connectivity index (χ2v) is 7.71. The summed E-state index contributed by atoms with van der Waals surface area (Å²) in [5.41, 5.74) is 3.70. The van der Waals surface area contributed by atoms with Crippen LogP contribution >= 0.6 is 0 Å². The number of rotatable bonds is 4. The Balaban J connectivity index is 1.51. The van der Waals surface area contributed by atoms with Crippen molar-refractivity contribution in [1.82, 2.24) is 24.6 Å². The topological polar surface area (TPSA) is 50.1 Å². The van der Waals surface area contributed by atoms with E-state index in [1.807, 2.05) is 49.7 Å². The summed E-state index contributed by atoms with van der Waals surface area (Å²) in [4.78, 5) is 14.0. The summed E-state index contributed by atoms with van der Waals surface area (Å²) in [5, 5.41) is 4.56. The first-order chi connectivity index (χ1) is 14.0. The van der Waals surface area contributed by atoms with Crippen molar-refractivity contribution in [2.24, 2.45) is 0 Å². The van der Waals surface area contributed by atoms with Gasteiger partial charge in [0, 0.05) is 55.7 Å². The molecule has 1 aliphatic rings. The van der Waals surface area contributed by atoms with Gasteiger partial charge in [0.05, 0.1) is 5.69 Å². The lowest BCUT2D eigenvalue weighted by Crippen LogP contribution is -2.32. The Bertz CT molecular complexity index is 999. The molecule has 6 nitrogen and oxygen atoms in total. The van der Waals surface area contributed by atoms with Crippen molar-refractivity contribution in [3.05, 3.63) is 64.9 Å². The van der Waals surface area contributed by atoms with Gasteiger partial charge in [0.25, 0.3) is 0 Å². The molecule has 2 aromatic heterocycles. The fourth-order valence-corrected chi connectivity index (χ4v) is 3.84. The van der Waals surface area contributed by atoms with E-state index in [0.29, 0.717) is 6.54 Å². The van der Waals surface area contributed by atoms with Gasteiger partial charge in [-0.25, -0.2) is 14.1 Å². The molecule has 3 aromatic rings. The lowest BCUT2D eigenvalue weighted by molar-refractivity contribution is 0.281. The molecule has 29 heavy (non-hydrogen) atoms. The highest BCUT2D eigenvalue weighted by molar-refractivity contribution is 5.38. The number of hydrogen-bond acceptors (Lipinski definition) is 5. The van der Waals surface area contributed by atoms with Gasteiger partial charge < -0.3 is 4.90 Å². The maximum absolute atomic E-state index is 14.0. The monoisotopic (exact) mass is 394 g/mol. The number of anilines is 1. The Kier molecular flexibility index (Phi) is 5.58. The van der Waals surface area contributed by atoms with Crippen LogP contribution in [0.25, 0.3) is 5.82 Å². The Hall–Kier alpha value is -2.80. The minimum absolute atomic E-state index is 0.134. The number of hydrogen-bond donors (Lipinski definition) is 0. The van der Waals surface area contributed by atoms with E-state index in [2.05, 4.69) is 19.9 Å². The van der Waals surface area contributed by atoms with Crippen molar-refractivity contribution >= 4 is 5.95 Å². The quantitative estimate of drug-likeness (QED) is 0.679. The number of halogens is 1. The first-order valence-electron chi connectivity index (χ1n) is 10.1. The molecule has 0 saturated carbocycles. The van der Waals surface area contributed by atoms with Crippen molar-refractivity contribution in [1.29, 1.82) is 0 Å². The third kappa shape index (κ3) is 4.45. The summed E-state index contributed by atoms with van der Waals surface area (Å²) in [6.07, 6.45) is 0.987. The zero-order chi connectivity index (χ0) is 20.4. The van der Waals surface area contributed by atoms with Crippen molar-refractivity contribution in [2.75, 3.05) is 31.1 Å². The van der Waals surface area contributed by atoms with E-state index in [0.717, 1.165) is 67.0 Å². The average Bonchev–Trinajstić information content (AvgIpc) is 2.88. The van der Waals surface area contributed by atoms with E-state index < -0.39 is 0 Å². The molecule has 0 bridgehead atoms. The molecule has 1 saturated heterocycles. The zero-order valence-electron chi connectivity index (χ0n) is 17.3. The lowest BCUT2D eigenvalue weighted by atomic mass is 10.2. The van der Waals surface area contributed by atoms with Gasteiger partial charge in [-0.3, -0.25) is 4.90 Å². The minimum Gasteiger partial charge on any atom is -0.339 e. The van der Waals surface area contributed by atoms with Crippen molar-refractivity contribution in [2.45, 2.75) is 33.7 Å². The Morgan fingerprint density at radius 3 is 2.52 bits per heavy atom. The summed E-state index contributed by atoms with van der Waals surface area (Å²) in [5.74, 6) is 1.40. The van der Waals surface area contributed by atoms with Crippen LogP contribution in [0.3, 0.4) is 0 Å². The molecule has 0 unspecified atom stereocenters. The molecule has 0 atom stereocenters. The van der Waals surface area contributed by atoms with Crippen LogP contribution in [0.1, 0.15) is 29.1 Å². The fourth-order valence-electron chi connectivity index (χ4n) is 3.84. The lowest BCUT2D eigenvalue weighted by Gasteiger charge is -2.23. The normalized spacial score (nSPS) is 15.5. The van der Waals surface area contributed by atoms with Crippen LogP contribution < -0.4 is 4.90 Å². The number of nitrogens with zero attached hydrogens (tertiary/aromatic N) is 6. The first-order valence-corrected chi connectivity index (χ1v) is 10.1. The van der Waals surface area contributed by atoms with E-state index in [9.17, 15) is 4.39 Å². The van der Waals surface area contributed by atoms with Crippen LogP contribution in [-0.4, -0.2) is 50.8 Å². The Morgan fingerprint density at radius 1 is 0.931 bits per heavy atom. The van der Waals surface area contributed by atoms with Gasteiger partial charge in [-0.05, 0) is 39.3 Å². The molecule has 152 valence electrons. The predicted molar refractivity (Wildman–Crippen MR) is 112 cm³/mol. The largest absolute Gasteiger partial charge is 0.339 e. The highest BCUT2D eigenvalue weighted by atomic mass is 19.1. The van der Waals surface area contributed by atoms with Gasteiger partial charge in [-0.15, -0.1) is 0 Å². The van der Waals surface area contributed by atoms with Crippen LogP contribution in [0, 0.1) is 26.6 Å². The smallest absolute Gasteiger partial charge is 0.227 e. The Morgan fingerprint density at radius 2 is 1.76 bits per heavy atom. The van der Waals surface area contributed by atoms with E-state index >= 15 is 0 Å². The minimum atomic E-state index is -0.134. The predicted octanol–water partition coefficient (Wildman–Crippen LogP) is 3.44. The molecule has 0 radical (unpaired) electrons. The Labute approximate surface area is 171 Å². The summed E-state index contributed by atoms with van der Waals surface area (Å²) < 4.78 is 15.9. The molecule has 0 spiro atoms. The molecule has 1 fully saturated rings. The van der Waals surface area contributed by atoms with Crippen LogP contribution in [0.4, 0.5) is 10.3 Å². The molecular weight excluding hydrogens is 367 g/mol. The van der Waals surface area contributed by atoms with Crippen molar-refractivity contribution < 1.29 is 4.39 Å². The number of aromatic nitrogens is 4. The third-order valence-corrected chi connectivity index (χ3v) is 5.28. The summed E-state index contributed by atoms with van der Waals surface area (Å²) >= 11 is 0. The summed E-state index contributed by atoms with van der Waals surface area (Å²) in [6, 6.07) is 11.0. The SMILES string of the molecule is Cc1cc(-n2nc(C)cc2C)nc(N2CCCN(Cc3ccccc3F)CC2)n1. The maximum Gasteiger partial charge on any atom is 0.227 e. The number of benzene rings is 1. The molecule has 0 amide bonds. The van der Waals surface area contributed by atoms with Gasteiger partial charge in [0.1, 0.15) is 5.82 Å². The third-order valence-electron chi connectivity index (χ3n) is 5.28. The standard InChI is InChI=1S/C22H27FN6/c1-16-14-21(29-18(3)13-17(2)26-29)25-22(24-16)28-10-6-9-27(11-12-28)15-19-7-4-5-8-20(19)23/h4-5,7-8,13-14H,6,9-12,15H2,1-3H3. The van der Waals surface area contributed by atoms with Crippen LogP contribution in [0.2, 0.25) is 0 Å². The molecule has 3 heterocycles. The summed E-state index contributed by atoms with van der Waals surface area (Å²) in [7, 11) is 0. The van der Waals surface area contributed by atoms with E-state index in [-0.39, 0.29) is 5.82 Å². The molecular formula is C22H27FN6. The highest BCUT2D eigenvalue weighted by Gasteiger charge is 2.19.